The zero-order chi connectivity index (χ0) is 14.9. The maximum Gasteiger partial charge on any atom is 0.303 e. The molecule has 0 saturated heterocycles. The van der Waals surface area contributed by atoms with Gasteiger partial charge in [-0.25, -0.2) is 0 Å². The first kappa shape index (κ1) is 17.9. The number of carboxylic acid groups (broad SMARTS) is 1. The lowest BCUT2D eigenvalue weighted by atomic mass is 10.2. The van der Waals surface area contributed by atoms with E-state index in [4.69, 9.17) is 5.11 Å². The van der Waals surface area contributed by atoms with E-state index in [2.05, 4.69) is 34.9 Å². The van der Waals surface area contributed by atoms with Crippen LogP contribution in [0.1, 0.15) is 30.5 Å². The van der Waals surface area contributed by atoms with Crippen LogP contribution in [0.5, 0.6) is 0 Å². The molecular formula is C18H20ClNO2. The zero-order valence-electron chi connectivity index (χ0n) is 12.4. The molecule has 0 atom stereocenters. The lowest BCUT2D eigenvalue weighted by Gasteiger charge is -2.00. The summed E-state index contributed by atoms with van der Waals surface area (Å²) in [5, 5.41) is 8.66. The standard InChI is InChI=1S/C18H19NO2.ClH/c20-18(21)11-5-7-15-19-14-6-4-10-17(19)13-12-16-8-2-1-3-9-16;/h1-4,6,8-10,12-14H,5,7,11,15H2;1H/b13-12+;. The number of hydrogen-bond donors (Lipinski definition) is 1. The fraction of sp³-hybridized carbons (Fsp3) is 0.222. The van der Waals surface area contributed by atoms with Gasteiger partial charge in [-0.05, 0) is 24.1 Å². The van der Waals surface area contributed by atoms with Crippen LogP contribution in [0.2, 0.25) is 0 Å². The SMILES string of the molecule is O=C(O)CCCC[n+]1ccccc1/C=C/c1ccccc1.[Cl-]. The average Bonchev–Trinajstić information content (AvgIpc) is 2.51. The highest BCUT2D eigenvalue weighted by Gasteiger charge is 2.06. The molecule has 0 aliphatic rings. The average molecular weight is 318 g/mol. The molecular weight excluding hydrogens is 298 g/mol. The number of aryl methyl sites for hydroxylation is 1. The van der Waals surface area contributed by atoms with E-state index in [9.17, 15) is 4.79 Å². The van der Waals surface area contributed by atoms with Gasteiger partial charge in [-0.1, -0.05) is 30.3 Å². The monoisotopic (exact) mass is 317 g/mol. The molecule has 1 N–H and O–H groups in total. The number of pyridine rings is 1. The fourth-order valence-corrected chi connectivity index (χ4v) is 2.15. The summed E-state index contributed by atoms with van der Waals surface area (Å²) in [4.78, 5) is 10.5. The maximum absolute atomic E-state index is 10.5. The first-order valence-electron chi connectivity index (χ1n) is 7.19. The Morgan fingerprint density at radius 1 is 1.00 bits per heavy atom. The summed E-state index contributed by atoms with van der Waals surface area (Å²) in [6.07, 6.45) is 8.02. The number of carboxylic acids is 1. The fourth-order valence-electron chi connectivity index (χ4n) is 2.15. The number of halogens is 1. The van der Waals surface area contributed by atoms with Gasteiger partial charge in [0.2, 0.25) is 5.69 Å². The molecule has 0 amide bonds. The molecule has 3 nitrogen and oxygen atoms in total. The molecule has 0 aliphatic carbocycles. The Morgan fingerprint density at radius 2 is 1.73 bits per heavy atom. The quantitative estimate of drug-likeness (QED) is 0.593. The van der Waals surface area contributed by atoms with Crippen LogP contribution in [-0.4, -0.2) is 11.1 Å². The predicted octanol–water partition coefficient (Wildman–Crippen LogP) is 0.403. The van der Waals surface area contributed by atoms with Crippen molar-refractivity contribution in [2.75, 3.05) is 0 Å². The number of aromatic nitrogens is 1. The van der Waals surface area contributed by atoms with Crippen LogP contribution in [0.4, 0.5) is 0 Å². The number of benzene rings is 1. The summed E-state index contributed by atoms with van der Waals surface area (Å²) in [6.45, 7) is 0.836. The smallest absolute Gasteiger partial charge is 0.303 e. The van der Waals surface area contributed by atoms with E-state index < -0.39 is 5.97 Å². The Hall–Kier alpha value is -2.13. The number of carbonyl (C=O) groups is 1. The highest BCUT2D eigenvalue weighted by atomic mass is 35.5. The lowest BCUT2D eigenvalue weighted by Crippen LogP contribution is -3.00. The number of hydrogen-bond acceptors (Lipinski definition) is 1. The summed E-state index contributed by atoms with van der Waals surface area (Å²) in [5.41, 5.74) is 2.29. The minimum absolute atomic E-state index is 0. The Balaban J connectivity index is 0.00000242. The van der Waals surface area contributed by atoms with Crippen LogP contribution in [-0.2, 0) is 11.3 Å². The molecule has 4 heteroatoms. The molecule has 2 aromatic rings. The van der Waals surface area contributed by atoms with E-state index in [1.807, 2.05) is 36.5 Å². The van der Waals surface area contributed by atoms with Crippen molar-refractivity contribution >= 4 is 18.1 Å². The Morgan fingerprint density at radius 3 is 2.45 bits per heavy atom. The molecule has 0 saturated carbocycles. The zero-order valence-corrected chi connectivity index (χ0v) is 13.1. The van der Waals surface area contributed by atoms with Gasteiger partial charge in [-0.2, -0.15) is 4.57 Å². The molecule has 0 spiro atoms. The summed E-state index contributed by atoms with van der Waals surface area (Å²) in [7, 11) is 0. The third-order valence-electron chi connectivity index (χ3n) is 3.26. The molecule has 0 bridgehead atoms. The Bertz CT molecular complexity index is 611. The van der Waals surface area contributed by atoms with Crippen molar-refractivity contribution in [3.8, 4) is 0 Å². The van der Waals surface area contributed by atoms with Gasteiger partial charge in [-0.3, -0.25) is 4.79 Å². The molecule has 1 aromatic carbocycles. The van der Waals surface area contributed by atoms with E-state index in [1.54, 1.807) is 0 Å². The minimum atomic E-state index is -0.725. The Kier molecular flexibility index (Phi) is 7.94. The van der Waals surface area contributed by atoms with Crippen molar-refractivity contribution < 1.29 is 26.9 Å². The second kappa shape index (κ2) is 9.74. The first-order valence-corrected chi connectivity index (χ1v) is 7.19. The van der Waals surface area contributed by atoms with Crippen LogP contribution in [0.25, 0.3) is 12.2 Å². The second-order valence-electron chi connectivity index (χ2n) is 4.91. The topological polar surface area (TPSA) is 41.2 Å². The normalized spacial score (nSPS) is 10.4. The predicted molar refractivity (Wildman–Crippen MR) is 83.5 cm³/mol. The first-order chi connectivity index (χ1) is 10.3. The largest absolute Gasteiger partial charge is 1.00 e. The van der Waals surface area contributed by atoms with Crippen LogP contribution >= 0.6 is 0 Å². The van der Waals surface area contributed by atoms with Gasteiger partial charge in [0.15, 0.2) is 6.20 Å². The van der Waals surface area contributed by atoms with E-state index in [-0.39, 0.29) is 18.8 Å². The molecule has 1 aromatic heterocycles. The maximum atomic E-state index is 10.5. The van der Waals surface area contributed by atoms with Gasteiger partial charge in [-0.15, -0.1) is 0 Å². The van der Waals surface area contributed by atoms with E-state index in [0.717, 1.165) is 18.7 Å². The number of nitrogens with zero attached hydrogens (tertiary/aromatic N) is 1. The van der Waals surface area contributed by atoms with Crippen LogP contribution in [0.3, 0.4) is 0 Å². The minimum Gasteiger partial charge on any atom is -1.00 e. The third kappa shape index (κ3) is 6.10. The molecule has 0 fully saturated rings. The highest BCUT2D eigenvalue weighted by molar-refractivity contribution is 5.67. The summed E-state index contributed by atoms with van der Waals surface area (Å²) in [5.74, 6) is -0.725. The second-order valence-corrected chi connectivity index (χ2v) is 4.91. The van der Waals surface area contributed by atoms with Crippen molar-refractivity contribution in [3.05, 3.63) is 66.0 Å². The number of aliphatic carboxylic acids is 1. The Labute approximate surface area is 137 Å². The molecule has 0 unspecified atom stereocenters. The van der Waals surface area contributed by atoms with E-state index in [0.29, 0.717) is 6.42 Å². The van der Waals surface area contributed by atoms with Gasteiger partial charge >= 0.3 is 5.97 Å². The third-order valence-corrected chi connectivity index (χ3v) is 3.26. The summed E-state index contributed by atoms with van der Waals surface area (Å²) < 4.78 is 2.15. The summed E-state index contributed by atoms with van der Waals surface area (Å²) >= 11 is 0. The molecule has 0 radical (unpaired) electrons. The van der Waals surface area contributed by atoms with Crippen molar-refractivity contribution in [3.63, 3.8) is 0 Å². The van der Waals surface area contributed by atoms with Crippen molar-refractivity contribution in [1.82, 2.24) is 0 Å². The number of rotatable bonds is 7. The highest BCUT2D eigenvalue weighted by Crippen LogP contribution is 2.05. The van der Waals surface area contributed by atoms with Gasteiger partial charge in [0.25, 0.3) is 0 Å². The van der Waals surface area contributed by atoms with Crippen molar-refractivity contribution in [2.24, 2.45) is 0 Å². The molecule has 0 aliphatic heterocycles. The molecule has 116 valence electrons. The van der Waals surface area contributed by atoms with E-state index in [1.165, 1.54) is 5.56 Å². The van der Waals surface area contributed by atoms with Crippen LogP contribution in [0.15, 0.2) is 54.7 Å². The number of unbranched alkanes of at least 4 members (excludes halogenated alkanes) is 1. The van der Waals surface area contributed by atoms with Crippen molar-refractivity contribution in [1.29, 1.82) is 0 Å². The van der Waals surface area contributed by atoms with Crippen LogP contribution < -0.4 is 17.0 Å². The van der Waals surface area contributed by atoms with E-state index >= 15 is 0 Å². The van der Waals surface area contributed by atoms with Gasteiger partial charge < -0.3 is 17.5 Å². The van der Waals surface area contributed by atoms with Gasteiger partial charge in [0.05, 0.1) is 0 Å². The molecule has 2 rings (SSSR count). The molecule has 22 heavy (non-hydrogen) atoms. The van der Waals surface area contributed by atoms with Crippen molar-refractivity contribution in [2.45, 2.75) is 25.8 Å². The van der Waals surface area contributed by atoms with Gasteiger partial charge in [0, 0.05) is 31.1 Å². The van der Waals surface area contributed by atoms with Gasteiger partial charge in [0.1, 0.15) is 6.54 Å². The summed E-state index contributed by atoms with van der Waals surface area (Å²) in [6, 6.07) is 16.2. The lowest BCUT2D eigenvalue weighted by molar-refractivity contribution is -0.699. The molecule has 1 heterocycles. The van der Waals surface area contributed by atoms with Crippen LogP contribution in [0, 0.1) is 0 Å².